The zero-order valence-corrected chi connectivity index (χ0v) is 11.6. The van der Waals surface area contributed by atoms with Gasteiger partial charge in [-0.2, -0.15) is 0 Å². The van der Waals surface area contributed by atoms with Gasteiger partial charge in [-0.1, -0.05) is 0 Å². The number of ketones is 1. The Hall–Kier alpha value is -1.10. The third-order valence-electron chi connectivity index (χ3n) is 3.51. The summed E-state index contributed by atoms with van der Waals surface area (Å²) in [5.74, 6) is 0.147. The van der Waals surface area contributed by atoms with Crippen molar-refractivity contribution < 1.29 is 14.3 Å². The van der Waals surface area contributed by atoms with Gasteiger partial charge in [-0.25, -0.2) is 4.79 Å². The van der Waals surface area contributed by atoms with Crippen molar-refractivity contribution in [2.75, 3.05) is 6.54 Å². The Bertz CT molecular complexity index is 364. The zero-order valence-electron chi connectivity index (χ0n) is 11.6. The number of amides is 1. The van der Waals surface area contributed by atoms with Crippen LogP contribution in [-0.2, 0) is 9.53 Å². The normalized spacial score (nSPS) is 33.1. The van der Waals surface area contributed by atoms with Gasteiger partial charge in [0.1, 0.15) is 11.4 Å². The van der Waals surface area contributed by atoms with Crippen LogP contribution in [0, 0.1) is 0 Å². The molecule has 0 unspecified atom stereocenters. The van der Waals surface area contributed by atoms with Gasteiger partial charge in [0.15, 0.2) is 0 Å². The van der Waals surface area contributed by atoms with Crippen molar-refractivity contribution >= 4 is 11.9 Å². The lowest BCUT2D eigenvalue weighted by molar-refractivity contribution is -0.124. The van der Waals surface area contributed by atoms with Crippen molar-refractivity contribution in [3.63, 3.8) is 0 Å². The molecule has 0 aliphatic heterocycles. The molecule has 0 aromatic rings. The molecule has 3 aliphatic rings. The number of carbonyl (C=O) groups is 2. The summed E-state index contributed by atoms with van der Waals surface area (Å²) >= 11 is 0. The van der Waals surface area contributed by atoms with Crippen LogP contribution >= 0.6 is 0 Å². The standard InChI is InChI=1S/C13H22N2O3/c1-9(16)5-14-12-6-13(7-12,8-12)15-10(17)18-11(2,3)4/h14H,5-8H2,1-4H3,(H,15,17). The highest BCUT2D eigenvalue weighted by molar-refractivity contribution is 5.78. The summed E-state index contributed by atoms with van der Waals surface area (Å²) in [4.78, 5) is 22.6. The molecule has 3 aliphatic carbocycles. The molecular weight excluding hydrogens is 232 g/mol. The summed E-state index contributed by atoms with van der Waals surface area (Å²) in [5.41, 5.74) is -0.467. The topological polar surface area (TPSA) is 67.4 Å². The second-order valence-electron chi connectivity index (χ2n) is 6.77. The average molecular weight is 254 g/mol. The third-order valence-corrected chi connectivity index (χ3v) is 3.51. The fourth-order valence-electron chi connectivity index (χ4n) is 2.94. The van der Waals surface area contributed by atoms with Crippen LogP contribution in [0.25, 0.3) is 0 Å². The first-order valence-corrected chi connectivity index (χ1v) is 6.39. The van der Waals surface area contributed by atoms with Gasteiger partial charge in [0.25, 0.3) is 0 Å². The molecule has 0 aromatic heterocycles. The molecule has 0 atom stereocenters. The quantitative estimate of drug-likeness (QED) is 0.795. The van der Waals surface area contributed by atoms with E-state index in [4.69, 9.17) is 4.74 Å². The van der Waals surface area contributed by atoms with Crippen molar-refractivity contribution in [3.8, 4) is 0 Å². The molecule has 2 bridgehead atoms. The first-order valence-electron chi connectivity index (χ1n) is 6.39. The maximum Gasteiger partial charge on any atom is 0.408 e. The Morgan fingerprint density at radius 2 is 1.72 bits per heavy atom. The predicted octanol–water partition coefficient (Wildman–Crippen LogP) is 1.36. The average Bonchev–Trinajstić information content (AvgIpc) is 2.03. The number of carbonyl (C=O) groups excluding carboxylic acids is 2. The van der Waals surface area contributed by atoms with Crippen LogP contribution in [0.15, 0.2) is 0 Å². The van der Waals surface area contributed by atoms with Gasteiger partial charge in [-0.15, -0.1) is 0 Å². The summed E-state index contributed by atoms with van der Waals surface area (Å²) in [5, 5.41) is 6.21. The summed E-state index contributed by atoms with van der Waals surface area (Å²) in [6.45, 7) is 7.55. The SMILES string of the molecule is CC(=O)CNC12CC(NC(=O)OC(C)(C)C)(C1)C2. The minimum absolute atomic E-state index is 0.0840. The van der Waals surface area contributed by atoms with E-state index in [1.54, 1.807) is 6.92 Å². The summed E-state index contributed by atoms with van der Waals surface area (Å²) < 4.78 is 5.24. The number of rotatable bonds is 4. The van der Waals surface area contributed by atoms with Crippen molar-refractivity contribution in [2.24, 2.45) is 0 Å². The van der Waals surface area contributed by atoms with Crippen LogP contribution in [0.4, 0.5) is 4.79 Å². The fraction of sp³-hybridized carbons (Fsp3) is 0.846. The number of alkyl carbamates (subject to hydrolysis) is 1. The van der Waals surface area contributed by atoms with Gasteiger partial charge in [-0.05, 0) is 47.0 Å². The molecule has 0 heterocycles. The van der Waals surface area contributed by atoms with Crippen LogP contribution in [0.5, 0.6) is 0 Å². The molecular formula is C13H22N2O3. The largest absolute Gasteiger partial charge is 0.444 e. The minimum Gasteiger partial charge on any atom is -0.444 e. The number of ether oxygens (including phenoxy) is 1. The molecule has 3 rings (SSSR count). The van der Waals surface area contributed by atoms with Crippen LogP contribution in [0.1, 0.15) is 47.0 Å². The number of Topliss-reactive ketones (excluding diaryl/α,β-unsaturated/α-hetero) is 1. The summed E-state index contributed by atoms with van der Waals surface area (Å²) in [7, 11) is 0. The molecule has 102 valence electrons. The van der Waals surface area contributed by atoms with E-state index >= 15 is 0 Å². The molecule has 1 amide bonds. The van der Waals surface area contributed by atoms with Crippen molar-refractivity contribution in [1.29, 1.82) is 0 Å². The number of nitrogens with one attached hydrogen (secondary N) is 2. The summed E-state index contributed by atoms with van der Waals surface area (Å²) in [6.07, 6.45) is 2.34. The van der Waals surface area contributed by atoms with E-state index in [-0.39, 0.29) is 23.0 Å². The van der Waals surface area contributed by atoms with Crippen LogP contribution in [-0.4, -0.2) is 35.1 Å². The number of hydrogen-bond donors (Lipinski definition) is 2. The Kier molecular flexibility index (Phi) is 2.93. The molecule has 0 radical (unpaired) electrons. The molecule has 5 heteroatoms. The molecule has 0 spiro atoms. The van der Waals surface area contributed by atoms with E-state index in [1.165, 1.54) is 0 Å². The van der Waals surface area contributed by atoms with Crippen LogP contribution in [0.2, 0.25) is 0 Å². The lowest BCUT2D eigenvalue weighted by Gasteiger charge is -2.70. The molecule has 0 saturated heterocycles. The number of hydrogen-bond acceptors (Lipinski definition) is 4. The zero-order chi connectivity index (χ0) is 13.6. The maximum absolute atomic E-state index is 11.7. The first-order chi connectivity index (χ1) is 8.14. The smallest absolute Gasteiger partial charge is 0.408 e. The van der Waals surface area contributed by atoms with E-state index in [9.17, 15) is 9.59 Å². The second-order valence-corrected chi connectivity index (χ2v) is 6.77. The minimum atomic E-state index is -0.460. The van der Waals surface area contributed by atoms with E-state index in [1.807, 2.05) is 20.8 Å². The van der Waals surface area contributed by atoms with Gasteiger partial charge in [-0.3, -0.25) is 4.79 Å². The predicted molar refractivity (Wildman–Crippen MR) is 67.4 cm³/mol. The van der Waals surface area contributed by atoms with Crippen molar-refractivity contribution in [1.82, 2.24) is 10.6 Å². The van der Waals surface area contributed by atoms with E-state index in [0.717, 1.165) is 19.3 Å². The highest BCUT2D eigenvalue weighted by Crippen LogP contribution is 2.60. The molecule has 2 N–H and O–H groups in total. The maximum atomic E-state index is 11.7. The van der Waals surface area contributed by atoms with Crippen molar-refractivity contribution in [2.45, 2.75) is 63.6 Å². The lowest BCUT2D eigenvalue weighted by Crippen LogP contribution is -2.83. The molecule has 3 saturated carbocycles. The van der Waals surface area contributed by atoms with Gasteiger partial charge in [0.05, 0.1) is 6.54 Å². The Morgan fingerprint density at radius 3 is 2.17 bits per heavy atom. The Labute approximate surface area is 108 Å². The molecule has 0 aromatic carbocycles. The van der Waals surface area contributed by atoms with Gasteiger partial charge in [0, 0.05) is 11.1 Å². The molecule has 5 nitrogen and oxygen atoms in total. The fourth-order valence-corrected chi connectivity index (χ4v) is 2.94. The highest BCUT2D eigenvalue weighted by Gasteiger charge is 2.68. The van der Waals surface area contributed by atoms with Crippen molar-refractivity contribution in [3.05, 3.63) is 0 Å². The summed E-state index contributed by atoms with van der Waals surface area (Å²) in [6, 6.07) is 0. The molecule has 18 heavy (non-hydrogen) atoms. The van der Waals surface area contributed by atoms with Gasteiger partial charge >= 0.3 is 6.09 Å². The monoisotopic (exact) mass is 254 g/mol. The van der Waals surface area contributed by atoms with E-state index in [0.29, 0.717) is 6.54 Å². The second kappa shape index (κ2) is 3.95. The lowest BCUT2D eigenvalue weighted by atomic mass is 9.44. The Morgan fingerprint density at radius 1 is 1.17 bits per heavy atom. The molecule has 3 fully saturated rings. The van der Waals surface area contributed by atoms with E-state index < -0.39 is 5.60 Å². The third kappa shape index (κ3) is 2.66. The first kappa shape index (κ1) is 13.3. The Balaban J connectivity index is 1.73. The van der Waals surface area contributed by atoms with Gasteiger partial charge in [0.2, 0.25) is 0 Å². The highest BCUT2D eigenvalue weighted by atomic mass is 16.6. The van der Waals surface area contributed by atoms with Crippen LogP contribution < -0.4 is 10.6 Å². The van der Waals surface area contributed by atoms with Gasteiger partial charge < -0.3 is 15.4 Å². The van der Waals surface area contributed by atoms with Crippen LogP contribution in [0.3, 0.4) is 0 Å². The van der Waals surface area contributed by atoms with E-state index in [2.05, 4.69) is 10.6 Å².